The zero-order valence-corrected chi connectivity index (χ0v) is 25.3. The third-order valence-electron chi connectivity index (χ3n) is 6.61. The van der Waals surface area contributed by atoms with Crippen molar-refractivity contribution in [1.82, 2.24) is 10.6 Å². The van der Waals surface area contributed by atoms with E-state index >= 15 is 0 Å². The van der Waals surface area contributed by atoms with Crippen LogP contribution in [0.25, 0.3) is 0 Å². The summed E-state index contributed by atoms with van der Waals surface area (Å²) >= 11 is 0. The highest BCUT2D eigenvalue weighted by Crippen LogP contribution is 2.20. The SMILES string of the molecule is CCC=CCC=CCC=CCC=CCC=CCC=CCCC(=O)NC(C(=O)N[C@@H]1[C@@H](O)[C@H](O)[C@@H](CO)O[C@H]1O)C(C)C. The number of hydrogen-bond donors (Lipinski definition) is 6. The monoisotopic (exact) mass is 588 g/mol. The molecule has 6 N–H and O–H groups in total. The number of rotatable bonds is 19. The van der Waals surface area contributed by atoms with Crippen LogP contribution in [-0.4, -0.2) is 75.5 Å². The van der Waals surface area contributed by atoms with Crippen molar-refractivity contribution in [3.63, 3.8) is 0 Å². The molecule has 1 saturated heterocycles. The molecule has 9 heteroatoms. The lowest BCUT2D eigenvalue weighted by Gasteiger charge is -2.40. The Bertz CT molecular complexity index is 939. The molecule has 0 radical (unpaired) electrons. The Balaban J connectivity index is 2.29. The Labute approximate surface area is 251 Å². The molecule has 236 valence electrons. The number of aliphatic hydroxyl groups excluding tert-OH is 4. The largest absolute Gasteiger partial charge is 0.394 e. The van der Waals surface area contributed by atoms with E-state index in [1.807, 2.05) is 12.2 Å². The number of nitrogens with one attached hydrogen (secondary N) is 2. The average molecular weight is 589 g/mol. The number of carbonyl (C=O) groups is 2. The summed E-state index contributed by atoms with van der Waals surface area (Å²) in [6.45, 7) is 5.05. The summed E-state index contributed by atoms with van der Waals surface area (Å²) < 4.78 is 5.07. The maximum atomic E-state index is 12.8. The molecule has 1 aliphatic rings. The van der Waals surface area contributed by atoms with Gasteiger partial charge in [0.15, 0.2) is 6.29 Å². The molecule has 42 heavy (non-hydrogen) atoms. The van der Waals surface area contributed by atoms with Crippen LogP contribution in [0.3, 0.4) is 0 Å². The molecular formula is C33H52N2O7. The van der Waals surface area contributed by atoms with E-state index in [0.717, 1.165) is 38.5 Å². The van der Waals surface area contributed by atoms with Gasteiger partial charge in [-0.25, -0.2) is 0 Å². The fraction of sp³-hybridized carbons (Fsp3) is 0.576. The van der Waals surface area contributed by atoms with Crippen LogP contribution < -0.4 is 10.6 Å². The van der Waals surface area contributed by atoms with Crippen molar-refractivity contribution >= 4 is 11.8 Å². The van der Waals surface area contributed by atoms with Gasteiger partial charge in [-0.15, -0.1) is 0 Å². The normalized spacial score (nSPS) is 24.3. The third-order valence-corrected chi connectivity index (χ3v) is 6.61. The molecule has 9 nitrogen and oxygen atoms in total. The van der Waals surface area contributed by atoms with Crippen molar-refractivity contribution in [2.75, 3.05) is 6.61 Å². The van der Waals surface area contributed by atoms with Gasteiger partial charge in [-0.05, 0) is 50.9 Å². The van der Waals surface area contributed by atoms with Crippen LogP contribution in [-0.2, 0) is 14.3 Å². The molecule has 1 aliphatic heterocycles. The minimum atomic E-state index is -1.62. The molecule has 0 aliphatic carbocycles. The number of aliphatic hydroxyl groups is 4. The van der Waals surface area contributed by atoms with Gasteiger partial charge in [-0.1, -0.05) is 93.7 Å². The maximum absolute atomic E-state index is 12.8. The highest BCUT2D eigenvalue weighted by molar-refractivity contribution is 5.88. The quantitative estimate of drug-likeness (QED) is 0.127. The number of carbonyl (C=O) groups excluding carboxylic acids is 2. The summed E-state index contributed by atoms with van der Waals surface area (Å²) in [5.74, 6) is -1.19. The van der Waals surface area contributed by atoms with Gasteiger partial charge in [0.1, 0.15) is 30.4 Å². The zero-order valence-electron chi connectivity index (χ0n) is 25.3. The van der Waals surface area contributed by atoms with Crippen LogP contribution >= 0.6 is 0 Å². The van der Waals surface area contributed by atoms with E-state index in [-0.39, 0.29) is 18.2 Å². The number of allylic oxidation sites excluding steroid dienone is 12. The van der Waals surface area contributed by atoms with Crippen LogP contribution in [0.2, 0.25) is 0 Å². The first-order chi connectivity index (χ1) is 20.2. The van der Waals surface area contributed by atoms with Gasteiger partial charge in [0, 0.05) is 6.42 Å². The fourth-order valence-corrected chi connectivity index (χ4v) is 4.14. The molecule has 1 fully saturated rings. The van der Waals surface area contributed by atoms with Crippen molar-refractivity contribution < 1.29 is 34.8 Å². The maximum Gasteiger partial charge on any atom is 0.243 e. The second kappa shape index (κ2) is 22.7. The van der Waals surface area contributed by atoms with Crippen LogP contribution in [0, 0.1) is 5.92 Å². The zero-order chi connectivity index (χ0) is 31.2. The Morgan fingerprint density at radius 2 is 1.24 bits per heavy atom. The van der Waals surface area contributed by atoms with Gasteiger partial charge < -0.3 is 35.8 Å². The van der Waals surface area contributed by atoms with E-state index < -0.39 is 49.2 Å². The first-order valence-electron chi connectivity index (χ1n) is 15.0. The van der Waals surface area contributed by atoms with Crippen LogP contribution in [0.1, 0.15) is 72.1 Å². The second-order valence-electron chi connectivity index (χ2n) is 10.5. The van der Waals surface area contributed by atoms with Gasteiger partial charge in [0.2, 0.25) is 11.8 Å². The summed E-state index contributed by atoms with van der Waals surface area (Å²) in [5.41, 5.74) is 0. The Morgan fingerprint density at radius 1 is 0.762 bits per heavy atom. The summed E-state index contributed by atoms with van der Waals surface area (Å²) in [6.07, 6.45) is 25.9. The molecule has 2 amide bonds. The Hall–Kier alpha value is -2.82. The van der Waals surface area contributed by atoms with Gasteiger partial charge in [0.05, 0.1) is 6.61 Å². The van der Waals surface area contributed by atoms with E-state index in [2.05, 4.69) is 78.3 Å². The lowest BCUT2D eigenvalue weighted by molar-refractivity contribution is -0.254. The molecule has 6 atom stereocenters. The standard InChI is InChI=1S/C33H52N2O7/c1-4-5-6-7-8-9-10-11-12-13-14-15-16-17-18-19-20-21-22-23-27(37)34-28(25(2)3)32(40)35-29-31(39)30(38)26(24-36)42-33(29)41/h5-6,8-9,11-12,14-15,17-18,20-21,25-26,28-31,33,36,38-39,41H,4,7,10,13,16,19,22-24H2,1-3H3,(H,34,37)(H,35,40)/t26-,28?,29-,30-,31-,33-/m1/s1. The fourth-order valence-electron chi connectivity index (χ4n) is 4.14. The predicted molar refractivity (Wildman–Crippen MR) is 166 cm³/mol. The van der Waals surface area contributed by atoms with E-state index in [9.17, 15) is 30.0 Å². The molecule has 0 spiro atoms. The number of amides is 2. The molecule has 0 aromatic heterocycles. The summed E-state index contributed by atoms with van der Waals surface area (Å²) in [7, 11) is 0. The van der Waals surface area contributed by atoms with E-state index in [0.29, 0.717) is 6.42 Å². The van der Waals surface area contributed by atoms with Gasteiger partial charge in [0.25, 0.3) is 0 Å². The van der Waals surface area contributed by atoms with Crippen molar-refractivity contribution in [1.29, 1.82) is 0 Å². The Morgan fingerprint density at radius 3 is 1.69 bits per heavy atom. The predicted octanol–water partition coefficient (Wildman–Crippen LogP) is 3.52. The van der Waals surface area contributed by atoms with E-state index in [1.165, 1.54) is 0 Å². The summed E-state index contributed by atoms with van der Waals surface area (Å²) in [4.78, 5) is 25.3. The molecule has 0 aromatic carbocycles. The molecule has 1 rings (SSSR count). The first-order valence-corrected chi connectivity index (χ1v) is 15.0. The molecule has 1 unspecified atom stereocenters. The summed E-state index contributed by atoms with van der Waals surface area (Å²) in [5, 5.41) is 44.8. The van der Waals surface area contributed by atoms with Gasteiger partial charge in [-0.3, -0.25) is 9.59 Å². The van der Waals surface area contributed by atoms with Crippen molar-refractivity contribution in [2.24, 2.45) is 5.92 Å². The minimum Gasteiger partial charge on any atom is -0.394 e. The van der Waals surface area contributed by atoms with Crippen molar-refractivity contribution in [3.8, 4) is 0 Å². The van der Waals surface area contributed by atoms with Crippen molar-refractivity contribution in [3.05, 3.63) is 72.9 Å². The highest BCUT2D eigenvalue weighted by Gasteiger charge is 2.45. The first kappa shape index (κ1) is 37.2. The molecular weight excluding hydrogens is 536 g/mol. The lowest BCUT2D eigenvalue weighted by Crippen LogP contribution is -2.66. The van der Waals surface area contributed by atoms with Crippen LogP contribution in [0.15, 0.2) is 72.9 Å². The lowest BCUT2D eigenvalue weighted by atomic mass is 9.95. The third kappa shape index (κ3) is 15.4. The number of ether oxygens (including phenoxy) is 1. The van der Waals surface area contributed by atoms with Crippen LogP contribution in [0.5, 0.6) is 0 Å². The topological polar surface area (TPSA) is 148 Å². The number of hydrogen-bond acceptors (Lipinski definition) is 7. The summed E-state index contributed by atoms with van der Waals surface area (Å²) in [6, 6.07) is -2.22. The van der Waals surface area contributed by atoms with Crippen LogP contribution in [0.4, 0.5) is 0 Å². The molecule has 1 heterocycles. The smallest absolute Gasteiger partial charge is 0.243 e. The van der Waals surface area contributed by atoms with Crippen molar-refractivity contribution in [2.45, 2.75) is 109 Å². The van der Waals surface area contributed by atoms with Gasteiger partial charge in [-0.2, -0.15) is 0 Å². The highest BCUT2D eigenvalue weighted by atomic mass is 16.6. The minimum absolute atomic E-state index is 0.202. The Kier molecular flexibility index (Phi) is 20.1. The average Bonchev–Trinajstić information content (AvgIpc) is 2.96. The molecule has 0 saturated carbocycles. The second-order valence-corrected chi connectivity index (χ2v) is 10.5. The molecule has 0 aromatic rings. The van der Waals surface area contributed by atoms with E-state index in [1.54, 1.807) is 13.8 Å². The molecule has 0 bridgehead atoms. The van der Waals surface area contributed by atoms with Gasteiger partial charge >= 0.3 is 0 Å². The van der Waals surface area contributed by atoms with E-state index in [4.69, 9.17) is 4.74 Å².